The second kappa shape index (κ2) is 6.98. The Morgan fingerprint density at radius 3 is 2.29 bits per heavy atom. The maximum absolute atomic E-state index is 12.2. The van der Waals surface area contributed by atoms with E-state index in [1.165, 1.54) is 18.2 Å². The highest BCUT2D eigenvalue weighted by atomic mass is 32.2. The number of aromatic carboxylic acids is 1. The minimum atomic E-state index is -0.932. The zero-order chi connectivity index (χ0) is 15.4. The molecule has 0 aliphatic carbocycles. The van der Waals surface area contributed by atoms with Crippen molar-refractivity contribution in [1.82, 2.24) is 4.90 Å². The van der Waals surface area contributed by atoms with Gasteiger partial charge < -0.3 is 10.0 Å². The van der Waals surface area contributed by atoms with Crippen molar-refractivity contribution in [2.24, 2.45) is 11.8 Å². The zero-order valence-corrected chi connectivity index (χ0v) is 13.2. The van der Waals surface area contributed by atoms with E-state index in [1.54, 1.807) is 24.3 Å². The summed E-state index contributed by atoms with van der Waals surface area (Å²) >= 11 is 1.46. The summed E-state index contributed by atoms with van der Waals surface area (Å²) in [5, 5.41) is 8.85. The zero-order valence-electron chi connectivity index (χ0n) is 12.4. The fraction of sp³-hybridized carbons (Fsp3) is 0.500. The molecule has 0 radical (unpaired) electrons. The normalized spacial score (nSPS) is 22.1. The van der Waals surface area contributed by atoms with Crippen molar-refractivity contribution in [1.29, 1.82) is 0 Å². The van der Waals surface area contributed by atoms with Gasteiger partial charge in [-0.15, -0.1) is 11.8 Å². The fourth-order valence-corrected chi connectivity index (χ4v) is 3.60. The first-order valence-corrected chi connectivity index (χ1v) is 8.18. The molecule has 114 valence electrons. The summed E-state index contributed by atoms with van der Waals surface area (Å²) in [6.45, 7) is 6.07. The Kier molecular flexibility index (Phi) is 5.28. The second-order valence-electron chi connectivity index (χ2n) is 5.86. The standard InChI is InChI=1S/C16H21NO3S/c1-11-7-12(2)9-17(8-11)15(18)10-21-14-5-3-13(4-6-14)16(19)20/h3-6,11-12H,7-10H2,1-2H3,(H,19,20). The van der Waals surface area contributed by atoms with Crippen LogP contribution in [0.15, 0.2) is 29.2 Å². The number of rotatable bonds is 4. The van der Waals surface area contributed by atoms with E-state index in [1.807, 2.05) is 4.90 Å². The van der Waals surface area contributed by atoms with Gasteiger partial charge in [0.2, 0.25) is 5.91 Å². The van der Waals surface area contributed by atoms with Crippen molar-refractivity contribution in [3.8, 4) is 0 Å². The van der Waals surface area contributed by atoms with Gasteiger partial charge in [-0.25, -0.2) is 4.79 Å². The Balaban J connectivity index is 1.87. The number of carbonyl (C=O) groups excluding carboxylic acids is 1. The molecule has 0 aromatic heterocycles. The minimum Gasteiger partial charge on any atom is -0.478 e. The number of thioether (sulfide) groups is 1. The number of benzene rings is 1. The van der Waals surface area contributed by atoms with Crippen LogP contribution in [0.2, 0.25) is 0 Å². The molecule has 5 heteroatoms. The van der Waals surface area contributed by atoms with Gasteiger partial charge in [0.25, 0.3) is 0 Å². The van der Waals surface area contributed by atoms with Crippen LogP contribution in [0.3, 0.4) is 0 Å². The quantitative estimate of drug-likeness (QED) is 0.869. The number of piperidine rings is 1. The molecule has 1 aliphatic rings. The lowest BCUT2D eigenvalue weighted by molar-refractivity contribution is -0.130. The highest BCUT2D eigenvalue weighted by molar-refractivity contribution is 8.00. The third kappa shape index (κ3) is 4.49. The average Bonchev–Trinajstić information content (AvgIpc) is 2.44. The maximum Gasteiger partial charge on any atom is 0.335 e. The summed E-state index contributed by atoms with van der Waals surface area (Å²) < 4.78 is 0. The molecule has 0 bridgehead atoms. The lowest BCUT2D eigenvalue weighted by Gasteiger charge is -2.35. The van der Waals surface area contributed by atoms with Gasteiger partial charge in [0.15, 0.2) is 0 Å². The summed E-state index contributed by atoms with van der Waals surface area (Å²) in [5.41, 5.74) is 0.268. The number of carboxylic acid groups (broad SMARTS) is 1. The predicted octanol–water partition coefficient (Wildman–Crippen LogP) is 2.98. The molecule has 1 heterocycles. The van der Waals surface area contributed by atoms with Crippen LogP contribution in [0.1, 0.15) is 30.6 Å². The predicted molar refractivity (Wildman–Crippen MR) is 83.7 cm³/mol. The Morgan fingerprint density at radius 1 is 1.19 bits per heavy atom. The second-order valence-corrected chi connectivity index (χ2v) is 6.91. The van der Waals surface area contributed by atoms with Crippen LogP contribution in [-0.2, 0) is 4.79 Å². The number of amides is 1. The molecule has 1 fully saturated rings. The van der Waals surface area contributed by atoms with Crippen molar-refractivity contribution >= 4 is 23.6 Å². The van der Waals surface area contributed by atoms with Crippen molar-refractivity contribution in [3.63, 3.8) is 0 Å². The summed E-state index contributed by atoms with van der Waals surface area (Å²) in [5.74, 6) is 0.779. The molecule has 1 N–H and O–H groups in total. The topological polar surface area (TPSA) is 57.6 Å². The largest absolute Gasteiger partial charge is 0.478 e. The Morgan fingerprint density at radius 2 is 1.76 bits per heavy atom. The Hall–Kier alpha value is -1.49. The number of likely N-dealkylation sites (tertiary alicyclic amines) is 1. The van der Waals surface area contributed by atoms with Gasteiger partial charge in [0, 0.05) is 18.0 Å². The lowest BCUT2D eigenvalue weighted by atomic mass is 9.92. The summed E-state index contributed by atoms with van der Waals surface area (Å²) in [7, 11) is 0. The van der Waals surface area contributed by atoms with Crippen LogP contribution in [0, 0.1) is 11.8 Å². The van der Waals surface area contributed by atoms with Gasteiger partial charge in [0.1, 0.15) is 0 Å². The van der Waals surface area contributed by atoms with Crippen molar-refractivity contribution in [2.45, 2.75) is 25.2 Å². The summed E-state index contributed by atoms with van der Waals surface area (Å²) in [4.78, 5) is 25.9. The van der Waals surface area contributed by atoms with Crippen LogP contribution in [0.25, 0.3) is 0 Å². The number of nitrogens with zero attached hydrogens (tertiary/aromatic N) is 1. The lowest BCUT2D eigenvalue weighted by Crippen LogP contribution is -2.43. The van der Waals surface area contributed by atoms with Crippen LogP contribution >= 0.6 is 11.8 Å². The molecule has 1 saturated heterocycles. The molecule has 2 atom stereocenters. The third-order valence-electron chi connectivity index (χ3n) is 3.69. The van der Waals surface area contributed by atoms with Gasteiger partial charge in [-0.1, -0.05) is 13.8 Å². The van der Waals surface area contributed by atoms with E-state index in [0.29, 0.717) is 17.6 Å². The van der Waals surface area contributed by atoms with E-state index in [0.717, 1.165) is 18.0 Å². The van der Waals surface area contributed by atoms with Crippen LogP contribution in [-0.4, -0.2) is 40.7 Å². The molecular weight excluding hydrogens is 286 g/mol. The van der Waals surface area contributed by atoms with Gasteiger partial charge in [-0.3, -0.25) is 4.79 Å². The molecule has 0 spiro atoms. The van der Waals surface area contributed by atoms with E-state index in [-0.39, 0.29) is 11.5 Å². The molecule has 1 amide bonds. The maximum atomic E-state index is 12.2. The third-order valence-corrected chi connectivity index (χ3v) is 4.68. The first-order chi connectivity index (χ1) is 9.95. The van der Waals surface area contributed by atoms with Crippen molar-refractivity contribution < 1.29 is 14.7 Å². The molecule has 1 aromatic rings. The SMILES string of the molecule is CC1CC(C)CN(C(=O)CSc2ccc(C(=O)O)cc2)C1. The molecule has 0 saturated carbocycles. The van der Waals surface area contributed by atoms with Crippen LogP contribution in [0.5, 0.6) is 0 Å². The number of carboxylic acids is 1. The summed E-state index contributed by atoms with van der Waals surface area (Å²) in [6, 6.07) is 6.64. The fourth-order valence-electron chi connectivity index (χ4n) is 2.80. The smallest absolute Gasteiger partial charge is 0.335 e. The monoisotopic (exact) mass is 307 g/mol. The molecule has 2 unspecified atom stereocenters. The van der Waals surface area contributed by atoms with E-state index in [4.69, 9.17) is 5.11 Å². The van der Waals surface area contributed by atoms with Gasteiger partial charge in [-0.2, -0.15) is 0 Å². The molecule has 1 aromatic carbocycles. The van der Waals surface area contributed by atoms with Crippen LogP contribution in [0.4, 0.5) is 0 Å². The molecular formula is C16H21NO3S. The van der Waals surface area contributed by atoms with Crippen LogP contribution < -0.4 is 0 Å². The molecule has 2 rings (SSSR count). The molecule has 4 nitrogen and oxygen atoms in total. The van der Waals surface area contributed by atoms with E-state index >= 15 is 0 Å². The van der Waals surface area contributed by atoms with Crippen molar-refractivity contribution in [3.05, 3.63) is 29.8 Å². The highest BCUT2D eigenvalue weighted by Gasteiger charge is 2.25. The Bertz CT molecular complexity index is 505. The molecule has 1 aliphatic heterocycles. The summed E-state index contributed by atoms with van der Waals surface area (Å²) in [6.07, 6.45) is 1.19. The van der Waals surface area contributed by atoms with Crippen molar-refractivity contribution in [2.75, 3.05) is 18.8 Å². The minimum absolute atomic E-state index is 0.167. The van der Waals surface area contributed by atoms with Gasteiger partial charge in [-0.05, 0) is 42.5 Å². The van der Waals surface area contributed by atoms with Gasteiger partial charge in [0.05, 0.1) is 11.3 Å². The first kappa shape index (κ1) is 15.9. The first-order valence-electron chi connectivity index (χ1n) is 7.19. The molecule has 21 heavy (non-hydrogen) atoms. The van der Waals surface area contributed by atoms with E-state index in [2.05, 4.69) is 13.8 Å². The highest BCUT2D eigenvalue weighted by Crippen LogP contribution is 2.23. The number of hydrogen-bond donors (Lipinski definition) is 1. The van der Waals surface area contributed by atoms with E-state index in [9.17, 15) is 9.59 Å². The number of carbonyl (C=O) groups is 2. The van der Waals surface area contributed by atoms with E-state index < -0.39 is 5.97 Å². The van der Waals surface area contributed by atoms with Gasteiger partial charge >= 0.3 is 5.97 Å². The Labute approximate surface area is 129 Å². The number of hydrogen-bond acceptors (Lipinski definition) is 3. The average molecular weight is 307 g/mol.